The molecule has 0 amide bonds. The monoisotopic (exact) mass is 795 g/mol. The van der Waals surface area contributed by atoms with Crippen molar-refractivity contribution < 1.29 is 0 Å². The number of para-hydroxylation sites is 1. The predicted molar refractivity (Wildman–Crippen MR) is 263 cm³/mol. The number of nitrogens with one attached hydrogen (secondary N) is 1. The molecule has 297 valence electrons. The molecule has 8 aromatic carbocycles. The van der Waals surface area contributed by atoms with E-state index in [1.165, 1.54) is 141 Å². The summed E-state index contributed by atoms with van der Waals surface area (Å²) < 4.78 is 2.70. The smallest absolute Gasteiger partial charge is 0.197 e. The van der Waals surface area contributed by atoms with Crippen LogP contribution in [0.15, 0.2) is 146 Å². The fraction of sp³-hybridized carbons (Fsp3) is 0.186. The van der Waals surface area contributed by atoms with Crippen LogP contribution in [0.25, 0.3) is 72.0 Å². The number of fused-ring (bicyclic) bond motifs is 8. The number of nitrogens with zero attached hydrogens (tertiary/aromatic N) is 1. The Morgan fingerprint density at radius 1 is 0.581 bits per heavy atom. The summed E-state index contributed by atoms with van der Waals surface area (Å²) in [6.07, 6.45) is 4.70. The molecule has 3 heteroatoms. The SMILES string of the molecule is CCCCCc1ccc(Nc2ccc(C)cc2)c(-c2cc(-c3ccc4c(c3)-c3ccccc3C4(C)C)c3c4cccc5c4n4c3c2[B]c2ccc3c(c2-4)C5(C)c2ccccc2-3)c1. The largest absolute Gasteiger partial charge is 0.355 e. The summed E-state index contributed by atoms with van der Waals surface area (Å²) in [6.45, 7) is 11.7. The van der Waals surface area contributed by atoms with E-state index in [0.717, 1.165) is 17.8 Å². The third-order valence-corrected chi connectivity index (χ3v) is 15.3. The Hall–Kier alpha value is -6.58. The van der Waals surface area contributed by atoms with Gasteiger partial charge in [0.1, 0.15) is 0 Å². The Bertz CT molecular complexity index is 3420. The predicted octanol–water partition coefficient (Wildman–Crippen LogP) is 13.8. The first-order valence-electron chi connectivity index (χ1n) is 22.7. The van der Waals surface area contributed by atoms with Gasteiger partial charge in [-0.2, -0.15) is 0 Å². The van der Waals surface area contributed by atoms with Crippen molar-refractivity contribution in [3.8, 4) is 50.2 Å². The van der Waals surface area contributed by atoms with Gasteiger partial charge in [-0.15, -0.1) is 0 Å². The van der Waals surface area contributed by atoms with Crippen LogP contribution in [0.2, 0.25) is 0 Å². The molecule has 0 bridgehead atoms. The number of aromatic nitrogens is 1. The number of benzene rings is 8. The first-order chi connectivity index (χ1) is 30.3. The average Bonchev–Trinajstić information content (AvgIpc) is 3.87. The number of unbranched alkanes of at least 4 members (excludes halogenated alkanes) is 2. The van der Waals surface area contributed by atoms with Crippen molar-refractivity contribution in [3.63, 3.8) is 0 Å². The summed E-state index contributed by atoms with van der Waals surface area (Å²) in [5.41, 5.74) is 28.7. The van der Waals surface area contributed by atoms with Crippen LogP contribution in [0.3, 0.4) is 0 Å². The van der Waals surface area contributed by atoms with Crippen molar-refractivity contribution in [1.29, 1.82) is 0 Å². The first-order valence-corrected chi connectivity index (χ1v) is 22.7. The van der Waals surface area contributed by atoms with E-state index >= 15 is 0 Å². The Balaban J connectivity index is 1.16. The summed E-state index contributed by atoms with van der Waals surface area (Å²) in [4.78, 5) is 0. The molecule has 2 aliphatic carbocycles. The minimum atomic E-state index is -0.268. The first kappa shape index (κ1) is 36.1. The zero-order valence-electron chi connectivity index (χ0n) is 36.2. The molecule has 3 heterocycles. The van der Waals surface area contributed by atoms with E-state index in [9.17, 15) is 0 Å². The van der Waals surface area contributed by atoms with Crippen LogP contribution >= 0.6 is 0 Å². The van der Waals surface area contributed by atoms with Crippen molar-refractivity contribution in [3.05, 3.63) is 185 Å². The fourth-order valence-corrected chi connectivity index (χ4v) is 12.3. The third kappa shape index (κ3) is 4.66. The van der Waals surface area contributed by atoms with Crippen LogP contribution in [0.1, 0.15) is 85.9 Å². The number of hydrogen-bond donors (Lipinski definition) is 1. The van der Waals surface area contributed by atoms with Gasteiger partial charge in [0.15, 0.2) is 7.28 Å². The van der Waals surface area contributed by atoms with Gasteiger partial charge in [0, 0.05) is 49.7 Å². The highest BCUT2D eigenvalue weighted by Gasteiger charge is 2.49. The Labute approximate surface area is 365 Å². The van der Waals surface area contributed by atoms with Crippen LogP contribution in [0.5, 0.6) is 0 Å². The molecule has 0 saturated carbocycles. The van der Waals surface area contributed by atoms with Crippen LogP contribution in [0.4, 0.5) is 11.4 Å². The highest BCUT2D eigenvalue weighted by atomic mass is 15.0. The maximum absolute atomic E-state index is 3.92. The van der Waals surface area contributed by atoms with Crippen LogP contribution < -0.4 is 16.2 Å². The van der Waals surface area contributed by atoms with Crippen LogP contribution in [-0.4, -0.2) is 11.8 Å². The standard InChI is InChI=1S/C59H48BN2/c1-6-7-8-14-35-23-30-51(61-37-25-21-34(2)22-26-37)44(31-35)45-33-42(36-24-28-47-43(32-36)39-16-9-11-18-46(39)58(47,3)4)52-41-17-13-20-49-55(41)62-56-50(60-54(45)57(52)62)29-27-40-38-15-10-12-19-48(38)59(49,5)53(40)56/h9-13,15-33,61H,6-8,14H2,1-5H3. The van der Waals surface area contributed by atoms with Crippen molar-refractivity contribution >= 4 is 51.4 Å². The Kier molecular flexibility index (Phi) is 7.42. The molecular formula is C59H48BN2. The Morgan fingerprint density at radius 2 is 1.34 bits per heavy atom. The lowest BCUT2D eigenvalue weighted by atomic mass is 9.57. The Morgan fingerprint density at radius 3 is 2.16 bits per heavy atom. The topological polar surface area (TPSA) is 17.0 Å². The lowest BCUT2D eigenvalue weighted by molar-refractivity contribution is 0.660. The van der Waals surface area contributed by atoms with Gasteiger partial charge in [-0.05, 0) is 141 Å². The fourth-order valence-electron chi connectivity index (χ4n) is 12.3. The number of aryl methyl sites for hydroxylation is 2. The summed E-state index contributed by atoms with van der Waals surface area (Å²) in [7, 11) is 2.53. The van der Waals surface area contributed by atoms with E-state index in [2.05, 4.69) is 197 Å². The van der Waals surface area contributed by atoms with E-state index in [-0.39, 0.29) is 10.8 Å². The molecule has 1 aromatic heterocycles. The van der Waals surface area contributed by atoms with Gasteiger partial charge < -0.3 is 9.88 Å². The molecule has 1 unspecified atom stereocenters. The van der Waals surface area contributed by atoms with Gasteiger partial charge in [0.05, 0.1) is 5.52 Å². The van der Waals surface area contributed by atoms with Gasteiger partial charge in [0.25, 0.3) is 0 Å². The highest BCUT2D eigenvalue weighted by Crippen LogP contribution is 2.60. The minimum Gasteiger partial charge on any atom is -0.355 e. The maximum Gasteiger partial charge on any atom is 0.197 e. The average molecular weight is 796 g/mol. The molecule has 1 N–H and O–H groups in total. The lowest BCUT2D eigenvalue weighted by Gasteiger charge is -2.38. The van der Waals surface area contributed by atoms with Crippen LogP contribution in [-0.2, 0) is 17.3 Å². The summed E-state index contributed by atoms with van der Waals surface area (Å²) in [5.74, 6) is 0. The van der Waals surface area contributed by atoms with Crippen molar-refractivity contribution in [1.82, 2.24) is 4.57 Å². The van der Waals surface area contributed by atoms with Gasteiger partial charge >= 0.3 is 0 Å². The maximum atomic E-state index is 3.92. The van der Waals surface area contributed by atoms with Crippen molar-refractivity contribution in [2.24, 2.45) is 0 Å². The van der Waals surface area contributed by atoms with Gasteiger partial charge in [-0.1, -0.05) is 154 Å². The highest BCUT2D eigenvalue weighted by molar-refractivity contribution is 6.74. The third-order valence-electron chi connectivity index (χ3n) is 15.3. The molecule has 2 aliphatic heterocycles. The summed E-state index contributed by atoms with van der Waals surface area (Å²) >= 11 is 0. The molecule has 1 atom stereocenters. The number of rotatable bonds is 8. The van der Waals surface area contributed by atoms with Crippen molar-refractivity contribution in [2.75, 3.05) is 5.32 Å². The zero-order chi connectivity index (χ0) is 41.6. The van der Waals surface area contributed by atoms with E-state index in [4.69, 9.17) is 0 Å². The second-order valence-corrected chi connectivity index (χ2v) is 19.1. The molecule has 0 spiro atoms. The second kappa shape index (κ2) is 12.7. The normalized spacial score (nSPS) is 16.4. The van der Waals surface area contributed by atoms with Gasteiger partial charge in [-0.25, -0.2) is 0 Å². The van der Waals surface area contributed by atoms with Crippen molar-refractivity contribution in [2.45, 2.75) is 71.1 Å². The molecule has 0 saturated heterocycles. The number of hydrogen-bond acceptors (Lipinski definition) is 1. The summed E-state index contributed by atoms with van der Waals surface area (Å²) in [6, 6.07) is 56.1. The zero-order valence-corrected chi connectivity index (χ0v) is 36.2. The van der Waals surface area contributed by atoms with Gasteiger partial charge in [-0.3, -0.25) is 0 Å². The molecule has 2 nitrogen and oxygen atoms in total. The molecular weight excluding hydrogens is 747 g/mol. The molecule has 9 aromatic rings. The second-order valence-electron chi connectivity index (χ2n) is 19.1. The number of anilines is 2. The van der Waals surface area contributed by atoms with E-state index in [0.29, 0.717) is 0 Å². The van der Waals surface area contributed by atoms with Crippen LogP contribution in [0, 0.1) is 6.92 Å². The molecule has 13 rings (SSSR count). The summed E-state index contributed by atoms with van der Waals surface area (Å²) in [5, 5.41) is 6.59. The minimum absolute atomic E-state index is 0.0602. The molecule has 4 aliphatic rings. The van der Waals surface area contributed by atoms with E-state index in [1.54, 1.807) is 0 Å². The van der Waals surface area contributed by atoms with E-state index in [1.807, 2.05) is 0 Å². The quantitative estimate of drug-likeness (QED) is 0.120. The molecule has 1 radical (unpaired) electrons. The lowest BCUT2D eigenvalue weighted by Crippen LogP contribution is -2.41. The molecule has 0 fully saturated rings. The van der Waals surface area contributed by atoms with E-state index < -0.39 is 0 Å². The molecule has 62 heavy (non-hydrogen) atoms. The van der Waals surface area contributed by atoms with Gasteiger partial charge in [0.2, 0.25) is 0 Å².